The lowest BCUT2D eigenvalue weighted by Crippen LogP contribution is -2.71. The van der Waals surface area contributed by atoms with Crippen molar-refractivity contribution in [3.63, 3.8) is 0 Å². The second kappa shape index (κ2) is 41.9. The van der Waals surface area contributed by atoms with Crippen molar-refractivity contribution in [3.8, 4) is 11.8 Å². The van der Waals surface area contributed by atoms with E-state index in [0.29, 0.717) is 43.7 Å². The van der Waals surface area contributed by atoms with Gasteiger partial charge in [-0.2, -0.15) is 8.42 Å². The summed E-state index contributed by atoms with van der Waals surface area (Å²) in [4.78, 5) is 149. The van der Waals surface area contributed by atoms with Crippen molar-refractivity contribution in [2.45, 2.75) is 192 Å². The standard InChI is InChI=1S/C84H109F2N7O22S/c1-6-13-75-114-72-48-64-65-47-67(85)66-46-62(95)30-32-81(66,4)83(65,86)70(98)49-82(64,5)84(72,115-75)71(99)50-90-80(105)113-52-54-20-25-60(26-21-54)91-77(102)57(17-11-33-89-79(87)104)45-69(97)76(53(2)3)92-78(103)58(24-28-73(100)88-34-43-116(106,107)108)44-63(96)31-36-110-38-40-112-42-41-111-39-37-109-35-12-18-61(94)27-29-74(101)93-51-59-16-8-7-14-55(59)22-23-56-15-9-10-19-68(56)93/h7-10,14-16,19-21,25-26,30,32,46,53,57-58,64-65,67,70,72,75-76,98H,6,11-13,17-18,24,27-29,31,33-45,47-52H2,1-5H3,(H,88,100)(H,90,105)(H,91,102)(H,92,103)(H3,87,89,104)(H,106,107,108)/t57-,58+,64+,65+,67+,70+,72-,75?,76+,81+,82+,83+,84-/m1/s1. The molecule has 1 saturated heterocycles. The van der Waals surface area contributed by atoms with E-state index in [0.717, 1.165) is 22.8 Å². The van der Waals surface area contributed by atoms with E-state index in [2.05, 4.69) is 38.4 Å². The number of nitrogens with zero attached hydrogens (tertiary/aromatic N) is 1. The number of allylic oxidation sites excluding steroid dienone is 4. The van der Waals surface area contributed by atoms with Crippen LogP contribution in [0.5, 0.6) is 0 Å². The van der Waals surface area contributed by atoms with E-state index in [9.17, 15) is 66.3 Å². The molecule has 32 heteroatoms. The Labute approximate surface area is 674 Å². The van der Waals surface area contributed by atoms with Gasteiger partial charge >= 0.3 is 12.1 Å². The number of ketones is 5. The Morgan fingerprint density at radius 2 is 1.41 bits per heavy atom. The molecule has 0 bridgehead atoms. The Kier molecular flexibility index (Phi) is 32.8. The average Bonchev–Trinajstić information content (AvgIpc) is 1.45. The van der Waals surface area contributed by atoms with E-state index in [-0.39, 0.29) is 159 Å². The first-order chi connectivity index (χ1) is 55.3. The molecule has 7 amide bonds. The first kappa shape index (κ1) is 90.9. The average molecular weight is 1640 g/mol. The molecule has 116 heavy (non-hydrogen) atoms. The van der Waals surface area contributed by atoms with Gasteiger partial charge in [0.25, 0.3) is 10.1 Å². The SMILES string of the molecule is CCCC1O[C@@H]2C[C@H]3[C@@H]4C[C@H](F)C5=CC(=O)C=C[C@]5(C)[C@@]4(F)[C@@H](O)C[C@]3(C)[C@]2(C(=O)CNC(=O)OCc2ccc(NC(=O)[C@H](CCCNC(N)=O)CC(=O)[C@@H](NC(=O)[C@@H](CCC(=O)NCCS(=O)(=O)O)CC(=O)CCOCCOCCOCCOCCCC(=O)CCC(=O)N3Cc4ccccc4C#Cc4ccccc43)C(C)C)cc2)O1. The number of aliphatic hydroxyl groups is 1. The van der Waals surface area contributed by atoms with Crippen LogP contribution in [0.4, 0.5) is 29.7 Å². The molecule has 3 saturated carbocycles. The van der Waals surface area contributed by atoms with Crippen molar-refractivity contribution >= 4 is 86.2 Å². The fraction of sp³-hybridized carbons (Fsp3) is 0.583. The van der Waals surface area contributed by atoms with Crippen molar-refractivity contribution in [1.82, 2.24) is 21.3 Å². The van der Waals surface area contributed by atoms with E-state index in [1.54, 1.807) is 37.8 Å². The van der Waals surface area contributed by atoms with Gasteiger partial charge < -0.3 is 75.5 Å². The molecule has 0 aromatic heterocycles. The molecule has 632 valence electrons. The molecule has 9 N–H and O–H groups in total. The van der Waals surface area contributed by atoms with Gasteiger partial charge in [-0.1, -0.05) is 94.5 Å². The Hall–Kier alpha value is -9.04. The summed E-state index contributed by atoms with van der Waals surface area (Å²) in [6.07, 6.45) is -2.39. The number of nitrogens with one attached hydrogen (secondary N) is 5. The van der Waals surface area contributed by atoms with Gasteiger partial charge in [0.2, 0.25) is 23.6 Å². The van der Waals surface area contributed by atoms with E-state index < -0.39 is 171 Å². The number of halogens is 2. The second-order valence-corrected chi connectivity index (χ2v) is 32.8. The number of alkyl halides is 2. The van der Waals surface area contributed by atoms with Crippen LogP contribution in [0, 0.1) is 52.3 Å². The quantitative estimate of drug-likeness (QED) is 0.0153. The van der Waals surface area contributed by atoms with Crippen LogP contribution < -0.4 is 37.2 Å². The molecule has 2 heterocycles. The van der Waals surface area contributed by atoms with Crippen molar-refractivity contribution in [2.24, 2.45) is 46.2 Å². The lowest BCUT2D eigenvalue weighted by Gasteiger charge is -2.63. The molecule has 3 aromatic carbocycles. The summed E-state index contributed by atoms with van der Waals surface area (Å²) in [5.41, 5.74) is 2.07. The monoisotopic (exact) mass is 1640 g/mol. The normalized spacial score (nSPS) is 24.3. The minimum absolute atomic E-state index is 0.0382. The van der Waals surface area contributed by atoms with Gasteiger partial charge in [-0.15, -0.1) is 0 Å². The van der Waals surface area contributed by atoms with E-state index in [1.807, 2.05) is 55.5 Å². The van der Waals surface area contributed by atoms with Crippen molar-refractivity contribution in [1.29, 1.82) is 0 Å². The Morgan fingerprint density at radius 3 is 2.09 bits per heavy atom. The van der Waals surface area contributed by atoms with Crippen molar-refractivity contribution < 1.29 is 113 Å². The van der Waals surface area contributed by atoms with Crippen molar-refractivity contribution in [3.05, 3.63) is 119 Å². The third-order valence-electron chi connectivity index (χ3n) is 22.9. The predicted molar refractivity (Wildman–Crippen MR) is 420 cm³/mol. The van der Waals surface area contributed by atoms with Crippen LogP contribution in [0.25, 0.3) is 0 Å². The number of anilines is 2. The molecular formula is C84H109F2N7O22S. The zero-order chi connectivity index (χ0) is 84.0. The fourth-order valence-corrected chi connectivity index (χ4v) is 17.3. The third-order valence-corrected chi connectivity index (χ3v) is 23.6. The molecule has 2 aliphatic heterocycles. The molecule has 3 aromatic rings. The summed E-state index contributed by atoms with van der Waals surface area (Å²) in [5.74, 6) is -3.34. The molecule has 4 fully saturated rings. The van der Waals surface area contributed by atoms with Gasteiger partial charge in [0.1, 0.15) is 24.3 Å². The van der Waals surface area contributed by atoms with Crippen LogP contribution in [0.3, 0.4) is 0 Å². The maximum absolute atomic E-state index is 18.0. The fourth-order valence-electron chi connectivity index (χ4n) is 16.9. The van der Waals surface area contributed by atoms with Gasteiger partial charge in [0.05, 0.1) is 89.0 Å². The second-order valence-electron chi connectivity index (χ2n) is 31.2. The number of primary amides is 1. The zero-order valence-corrected chi connectivity index (χ0v) is 67.2. The number of benzene rings is 3. The number of amides is 7. The van der Waals surface area contributed by atoms with E-state index in [1.165, 1.54) is 31.2 Å². The molecule has 9 rings (SSSR count). The van der Waals surface area contributed by atoms with E-state index in [4.69, 9.17) is 43.4 Å². The Morgan fingerprint density at radius 1 is 0.741 bits per heavy atom. The van der Waals surface area contributed by atoms with Crippen LogP contribution in [-0.4, -0.2) is 203 Å². The number of nitrogens with two attached hydrogens (primary N) is 1. The summed E-state index contributed by atoms with van der Waals surface area (Å²) < 4.78 is 107. The van der Waals surface area contributed by atoms with Gasteiger partial charge in [-0.3, -0.25) is 47.7 Å². The highest BCUT2D eigenvalue weighted by Gasteiger charge is 2.80. The van der Waals surface area contributed by atoms with Crippen LogP contribution in [0.2, 0.25) is 0 Å². The topological polar surface area (TPSA) is 416 Å². The number of rotatable bonds is 46. The molecular weight excluding hydrogens is 1530 g/mol. The summed E-state index contributed by atoms with van der Waals surface area (Å²) in [6, 6.07) is 19.3. The number of hydrogen-bond donors (Lipinski definition) is 8. The Balaban J connectivity index is 0.696. The van der Waals surface area contributed by atoms with E-state index >= 15 is 8.78 Å². The first-order valence-corrected chi connectivity index (χ1v) is 41.5. The van der Waals surface area contributed by atoms with Crippen LogP contribution in [0.15, 0.2) is 96.6 Å². The predicted octanol–water partition coefficient (Wildman–Crippen LogP) is 7.69. The molecule has 1 unspecified atom stereocenters. The van der Waals surface area contributed by atoms with Gasteiger partial charge in [0.15, 0.2) is 34.9 Å². The van der Waals surface area contributed by atoms with Gasteiger partial charge in [-0.05, 0) is 129 Å². The highest BCUT2D eigenvalue weighted by atomic mass is 32.2. The molecule has 6 aliphatic rings. The highest BCUT2D eigenvalue weighted by Crippen LogP contribution is 2.72. The molecule has 13 atom stereocenters. The number of alkyl carbamates (subject to hydrolysis) is 1. The summed E-state index contributed by atoms with van der Waals surface area (Å²) >= 11 is 0. The number of fused-ring (bicyclic) bond motifs is 9. The van der Waals surface area contributed by atoms with Gasteiger partial charge in [0, 0.05) is 110 Å². The molecule has 0 radical (unpaired) electrons. The minimum Gasteiger partial charge on any atom is -0.445 e. The lowest BCUT2D eigenvalue weighted by molar-refractivity contribution is -0.233. The minimum atomic E-state index is -4.42. The third kappa shape index (κ3) is 23.2. The number of urea groups is 1. The summed E-state index contributed by atoms with van der Waals surface area (Å²) in [7, 11) is -4.42. The molecule has 29 nitrogen and oxygen atoms in total. The maximum atomic E-state index is 18.0. The van der Waals surface area contributed by atoms with Crippen molar-refractivity contribution in [2.75, 3.05) is 88.5 Å². The smallest absolute Gasteiger partial charge is 0.407 e. The first-order valence-electron chi connectivity index (χ1n) is 39.9. The number of hydrogen-bond acceptors (Lipinski definition) is 21. The molecule has 0 spiro atoms. The highest BCUT2D eigenvalue weighted by molar-refractivity contribution is 7.85. The number of para-hydroxylation sites is 1. The number of carbonyl (C=O) groups is 11. The maximum Gasteiger partial charge on any atom is 0.407 e. The number of aliphatic hydroxyl groups excluding tert-OH is 1. The van der Waals surface area contributed by atoms with Crippen LogP contribution in [0.1, 0.15) is 160 Å². The number of ether oxygens (including phenoxy) is 7. The zero-order valence-electron chi connectivity index (χ0n) is 66.4. The van der Waals surface area contributed by atoms with Gasteiger partial charge in [-0.25, -0.2) is 18.4 Å². The Bertz CT molecular complexity index is 4290. The van der Waals surface area contributed by atoms with Crippen LogP contribution in [-0.2, 0) is 99.6 Å². The largest absolute Gasteiger partial charge is 0.445 e. The summed E-state index contributed by atoms with van der Waals surface area (Å²) in [5, 5.41) is 24.8. The number of Topliss-reactive ketones (excluding diaryl/α,β-unsaturated/α-hetero) is 4. The molecule has 4 aliphatic carbocycles. The van der Waals surface area contributed by atoms with Crippen LogP contribution >= 0.6 is 0 Å². The number of carbonyl (C=O) groups excluding carboxylic acids is 11. The summed E-state index contributed by atoms with van der Waals surface area (Å²) in [6.45, 7) is 9.07. The lowest BCUT2D eigenvalue weighted by atomic mass is 9.44.